The van der Waals surface area contributed by atoms with E-state index in [0.29, 0.717) is 5.05 Å². The zero-order valence-corrected chi connectivity index (χ0v) is 12.7. The second kappa shape index (κ2) is 5.39. The molecule has 0 radical (unpaired) electrons. The Hall–Kier alpha value is -2.45. The van der Waals surface area contributed by atoms with Crippen molar-refractivity contribution in [1.82, 2.24) is 0 Å². The molecule has 3 aromatic rings. The van der Waals surface area contributed by atoms with Gasteiger partial charge in [-0.2, -0.15) is 0 Å². The van der Waals surface area contributed by atoms with E-state index in [0.717, 1.165) is 22.3 Å². The van der Waals surface area contributed by atoms with Crippen molar-refractivity contribution in [2.45, 2.75) is 6.10 Å². The SMILES string of the molecule is S=C1OC(c2ccccc2)c2ccccc2-c2ccccc21. The summed E-state index contributed by atoms with van der Waals surface area (Å²) in [5.41, 5.74) is 5.59. The van der Waals surface area contributed by atoms with Crippen molar-refractivity contribution in [3.05, 3.63) is 95.6 Å². The number of thiocarbonyl (C=S) groups is 1. The summed E-state index contributed by atoms with van der Waals surface area (Å²) in [6.45, 7) is 0. The molecule has 0 amide bonds. The predicted octanol–water partition coefficient (Wildman–Crippen LogP) is 5.15. The van der Waals surface area contributed by atoms with Crippen LogP contribution in [0.15, 0.2) is 78.9 Å². The summed E-state index contributed by atoms with van der Waals surface area (Å²) in [7, 11) is 0. The third-order valence-corrected chi connectivity index (χ3v) is 4.32. The Bertz CT molecular complexity index is 839. The molecule has 0 aromatic heterocycles. The maximum Gasteiger partial charge on any atom is 0.192 e. The molecule has 1 aliphatic heterocycles. The van der Waals surface area contributed by atoms with E-state index in [-0.39, 0.29) is 6.10 Å². The lowest BCUT2D eigenvalue weighted by Crippen LogP contribution is -2.09. The molecule has 1 aliphatic rings. The van der Waals surface area contributed by atoms with E-state index in [2.05, 4.69) is 42.5 Å². The topological polar surface area (TPSA) is 9.23 Å². The Balaban J connectivity index is 1.97. The molecule has 1 unspecified atom stereocenters. The molecule has 4 rings (SSSR count). The highest BCUT2D eigenvalue weighted by atomic mass is 32.1. The Morgan fingerprint density at radius 2 is 1.23 bits per heavy atom. The second-order valence-corrected chi connectivity index (χ2v) is 5.70. The Morgan fingerprint density at radius 1 is 0.636 bits per heavy atom. The smallest absolute Gasteiger partial charge is 0.192 e. The first-order valence-electron chi connectivity index (χ1n) is 7.29. The van der Waals surface area contributed by atoms with Crippen LogP contribution >= 0.6 is 12.2 Å². The molecule has 0 fully saturated rings. The van der Waals surface area contributed by atoms with Crippen LogP contribution < -0.4 is 0 Å². The third kappa shape index (κ3) is 2.13. The highest BCUT2D eigenvalue weighted by Crippen LogP contribution is 2.39. The summed E-state index contributed by atoms with van der Waals surface area (Å²) < 4.78 is 6.18. The van der Waals surface area contributed by atoms with Crippen LogP contribution in [-0.2, 0) is 4.74 Å². The van der Waals surface area contributed by atoms with E-state index in [9.17, 15) is 0 Å². The standard InChI is InChI=1S/C20H14OS/c22-20-18-13-7-5-11-16(18)15-10-4-6-12-17(15)19(21-20)14-8-2-1-3-9-14/h1-13,19H. The number of rotatable bonds is 1. The summed E-state index contributed by atoms with van der Waals surface area (Å²) >= 11 is 5.55. The normalized spacial score (nSPS) is 16.2. The molecule has 2 heteroatoms. The third-order valence-electron chi connectivity index (χ3n) is 4.01. The fraction of sp³-hybridized carbons (Fsp3) is 0.0500. The van der Waals surface area contributed by atoms with Crippen LogP contribution in [0.2, 0.25) is 0 Å². The van der Waals surface area contributed by atoms with Gasteiger partial charge in [0, 0.05) is 11.1 Å². The molecule has 0 aliphatic carbocycles. The molecule has 0 N–H and O–H groups in total. The number of hydrogen-bond acceptors (Lipinski definition) is 2. The van der Waals surface area contributed by atoms with Crippen molar-refractivity contribution in [1.29, 1.82) is 0 Å². The van der Waals surface area contributed by atoms with Crippen LogP contribution in [0.1, 0.15) is 22.8 Å². The lowest BCUT2D eigenvalue weighted by Gasteiger charge is -2.19. The summed E-state index contributed by atoms with van der Waals surface area (Å²) in [6, 6.07) is 26.8. The van der Waals surface area contributed by atoms with Gasteiger partial charge in [-0.1, -0.05) is 72.8 Å². The van der Waals surface area contributed by atoms with E-state index in [1.807, 2.05) is 36.4 Å². The lowest BCUT2D eigenvalue weighted by atomic mass is 9.92. The zero-order chi connectivity index (χ0) is 14.9. The van der Waals surface area contributed by atoms with Gasteiger partial charge in [-0.3, -0.25) is 0 Å². The van der Waals surface area contributed by atoms with Crippen molar-refractivity contribution in [2.75, 3.05) is 0 Å². The average molecular weight is 302 g/mol. The van der Waals surface area contributed by atoms with Crippen molar-refractivity contribution in [3.63, 3.8) is 0 Å². The van der Waals surface area contributed by atoms with E-state index < -0.39 is 0 Å². The minimum atomic E-state index is -0.169. The minimum absolute atomic E-state index is 0.169. The predicted molar refractivity (Wildman–Crippen MR) is 92.9 cm³/mol. The van der Waals surface area contributed by atoms with Gasteiger partial charge in [-0.05, 0) is 35.0 Å². The zero-order valence-electron chi connectivity index (χ0n) is 11.9. The highest BCUT2D eigenvalue weighted by molar-refractivity contribution is 7.80. The monoisotopic (exact) mass is 302 g/mol. The second-order valence-electron chi connectivity index (χ2n) is 5.33. The van der Waals surface area contributed by atoms with Crippen LogP contribution in [0, 0.1) is 0 Å². The van der Waals surface area contributed by atoms with Gasteiger partial charge >= 0.3 is 0 Å². The van der Waals surface area contributed by atoms with Crippen LogP contribution in [0.25, 0.3) is 11.1 Å². The Kier molecular flexibility index (Phi) is 3.24. The first-order valence-corrected chi connectivity index (χ1v) is 7.69. The van der Waals surface area contributed by atoms with Gasteiger partial charge in [0.25, 0.3) is 0 Å². The molecule has 106 valence electrons. The van der Waals surface area contributed by atoms with Crippen LogP contribution in [0.5, 0.6) is 0 Å². The average Bonchev–Trinajstić information content (AvgIpc) is 2.72. The van der Waals surface area contributed by atoms with Crippen LogP contribution in [-0.4, -0.2) is 5.05 Å². The van der Waals surface area contributed by atoms with Gasteiger partial charge in [0.15, 0.2) is 11.2 Å². The summed E-state index contributed by atoms with van der Waals surface area (Å²) in [6.07, 6.45) is -0.169. The number of benzene rings is 3. The first-order chi connectivity index (χ1) is 10.8. The Labute approximate surface area is 135 Å². The van der Waals surface area contributed by atoms with Gasteiger partial charge in [0.2, 0.25) is 0 Å². The number of hydrogen-bond donors (Lipinski definition) is 0. The van der Waals surface area contributed by atoms with Crippen molar-refractivity contribution in [3.8, 4) is 11.1 Å². The molecule has 0 saturated carbocycles. The fourth-order valence-corrected chi connectivity index (χ4v) is 3.25. The molecule has 3 aromatic carbocycles. The van der Waals surface area contributed by atoms with E-state index >= 15 is 0 Å². The van der Waals surface area contributed by atoms with Gasteiger partial charge < -0.3 is 4.74 Å². The van der Waals surface area contributed by atoms with Crippen molar-refractivity contribution < 1.29 is 4.74 Å². The van der Waals surface area contributed by atoms with Crippen LogP contribution in [0.4, 0.5) is 0 Å². The number of fused-ring (bicyclic) bond motifs is 3. The summed E-state index contributed by atoms with van der Waals surface area (Å²) in [5, 5.41) is 0.556. The number of ether oxygens (including phenoxy) is 1. The Morgan fingerprint density at radius 3 is 2.00 bits per heavy atom. The maximum atomic E-state index is 6.18. The van der Waals surface area contributed by atoms with Gasteiger partial charge in [-0.15, -0.1) is 0 Å². The van der Waals surface area contributed by atoms with Gasteiger partial charge in [-0.25, -0.2) is 0 Å². The van der Waals surface area contributed by atoms with Crippen molar-refractivity contribution >= 4 is 17.3 Å². The first kappa shape index (κ1) is 13.2. The van der Waals surface area contributed by atoms with Gasteiger partial charge in [0.05, 0.1) is 0 Å². The summed E-state index contributed by atoms with van der Waals surface area (Å²) in [4.78, 5) is 0. The van der Waals surface area contributed by atoms with Crippen LogP contribution in [0.3, 0.4) is 0 Å². The maximum absolute atomic E-state index is 6.18. The molecule has 22 heavy (non-hydrogen) atoms. The molecule has 0 bridgehead atoms. The quantitative estimate of drug-likeness (QED) is 0.575. The largest absolute Gasteiger partial charge is 0.470 e. The molecule has 0 spiro atoms. The molecule has 0 saturated heterocycles. The molecular formula is C20H14OS. The highest BCUT2D eigenvalue weighted by Gasteiger charge is 2.26. The van der Waals surface area contributed by atoms with Crippen molar-refractivity contribution in [2.24, 2.45) is 0 Å². The molecule has 1 nitrogen and oxygen atoms in total. The lowest BCUT2D eigenvalue weighted by molar-refractivity contribution is 0.243. The molecular weight excluding hydrogens is 288 g/mol. The summed E-state index contributed by atoms with van der Waals surface area (Å²) in [5.74, 6) is 0. The molecule has 1 atom stereocenters. The van der Waals surface area contributed by atoms with E-state index in [1.54, 1.807) is 0 Å². The fourth-order valence-electron chi connectivity index (χ4n) is 2.98. The van der Waals surface area contributed by atoms with E-state index in [1.165, 1.54) is 5.56 Å². The van der Waals surface area contributed by atoms with E-state index in [4.69, 9.17) is 17.0 Å². The van der Waals surface area contributed by atoms with Gasteiger partial charge in [0.1, 0.15) is 0 Å². The molecule has 1 heterocycles. The minimum Gasteiger partial charge on any atom is -0.470 e.